The summed E-state index contributed by atoms with van der Waals surface area (Å²) in [6, 6.07) is 15.0. The first-order chi connectivity index (χ1) is 16.6. The number of nitrogens with zero attached hydrogens (tertiary/aromatic N) is 6. The monoisotopic (exact) mass is 491 g/mol. The number of hydrogen-bond acceptors (Lipinski definition) is 5. The minimum Gasteiger partial charge on any atom is -0.352 e. The summed E-state index contributed by atoms with van der Waals surface area (Å²) in [6.45, 7) is 2.47. The van der Waals surface area contributed by atoms with E-state index in [0.29, 0.717) is 47.6 Å². The summed E-state index contributed by atoms with van der Waals surface area (Å²) < 4.78 is 1.76. The molecule has 1 amide bonds. The molecule has 34 heavy (non-hydrogen) atoms. The van der Waals surface area contributed by atoms with Crippen LogP contribution in [0.4, 0.5) is 5.82 Å². The second kappa shape index (κ2) is 8.30. The molecule has 0 unspecified atom stereocenters. The number of anilines is 1. The van der Waals surface area contributed by atoms with Gasteiger partial charge in [-0.2, -0.15) is 5.10 Å². The van der Waals surface area contributed by atoms with Gasteiger partial charge in [-0.1, -0.05) is 41.4 Å². The summed E-state index contributed by atoms with van der Waals surface area (Å²) in [4.78, 5) is 29.3. The Labute approximate surface area is 204 Å². The Morgan fingerprint density at radius 1 is 0.971 bits per heavy atom. The molecule has 0 aliphatic carbocycles. The average Bonchev–Trinajstić information content (AvgIpc) is 3.49. The van der Waals surface area contributed by atoms with Gasteiger partial charge in [0.25, 0.3) is 5.91 Å². The van der Waals surface area contributed by atoms with Crippen LogP contribution in [0.3, 0.4) is 0 Å². The van der Waals surface area contributed by atoms with Crippen LogP contribution < -0.4 is 4.90 Å². The fourth-order valence-corrected chi connectivity index (χ4v) is 4.82. The highest BCUT2D eigenvalue weighted by atomic mass is 35.5. The Balaban J connectivity index is 1.22. The number of nitrogens with one attached hydrogen (secondary N) is 1. The molecule has 5 aromatic rings. The molecule has 1 saturated heterocycles. The van der Waals surface area contributed by atoms with Gasteiger partial charge in [-0.25, -0.2) is 14.6 Å². The van der Waals surface area contributed by atoms with Crippen molar-refractivity contribution in [3.63, 3.8) is 0 Å². The first kappa shape index (κ1) is 20.9. The Morgan fingerprint density at radius 2 is 1.79 bits per heavy atom. The topological polar surface area (TPSA) is 82.9 Å². The van der Waals surface area contributed by atoms with Gasteiger partial charge < -0.3 is 14.8 Å². The molecule has 4 heterocycles. The standard InChI is InChI=1S/C24H19Cl2N7O/c25-16-4-2-5-17(12-16)33-23-18(13-29-33)22(27-14-28-23)31-7-9-32(10-8-31)24(34)20-11-15-3-1-6-19(26)21(15)30-20/h1-6,11-14,30H,7-10H2. The van der Waals surface area contributed by atoms with Crippen LogP contribution in [0.2, 0.25) is 10.0 Å². The van der Waals surface area contributed by atoms with E-state index >= 15 is 0 Å². The van der Waals surface area contributed by atoms with E-state index in [1.54, 1.807) is 17.2 Å². The summed E-state index contributed by atoms with van der Waals surface area (Å²) >= 11 is 12.4. The quantitative estimate of drug-likeness (QED) is 0.399. The van der Waals surface area contributed by atoms with Crippen LogP contribution in [-0.2, 0) is 0 Å². The number of aromatic nitrogens is 5. The number of para-hydroxylation sites is 1. The summed E-state index contributed by atoms with van der Waals surface area (Å²) in [5.74, 6) is 0.774. The minimum atomic E-state index is -0.0338. The molecule has 0 spiro atoms. The van der Waals surface area contributed by atoms with Gasteiger partial charge in [0.15, 0.2) is 5.65 Å². The number of benzene rings is 2. The van der Waals surface area contributed by atoms with Gasteiger partial charge in [0.05, 0.1) is 27.8 Å². The summed E-state index contributed by atoms with van der Waals surface area (Å²) in [7, 11) is 0. The lowest BCUT2D eigenvalue weighted by Crippen LogP contribution is -2.49. The van der Waals surface area contributed by atoms with Gasteiger partial charge in [-0.05, 0) is 30.3 Å². The molecule has 170 valence electrons. The van der Waals surface area contributed by atoms with E-state index in [9.17, 15) is 4.79 Å². The number of hydrogen-bond donors (Lipinski definition) is 1. The highest BCUT2D eigenvalue weighted by Crippen LogP contribution is 2.27. The van der Waals surface area contributed by atoms with E-state index in [0.717, 1.165) is 27.8 Å². The van der Waals surface area contributed by atoms with E-state index in [1.165, 1.54) is 0 Å². The third kappa shape index (κ3) is 3.55. The molecule has 3 aromatic heterocycles. The fourth-order valence-electron chi connectivity index (χ4n) is 4.41. The molecule has 6 rings (SSSR count). The summed E-state index contributed by atoms with van der Waals surface area (Å²) in [5.41, 5.74) is 2.87. The van der Waals surface area contributed by atoms with Crippen molar-refractivity contribution in [2.75, 3.05) is 31.1 Å². The van der Waals surface area contributed by atoms with Crippen LogP contribution in [0.15, 0.2) is 61.1 Å². The Morgan fingerprint density at radius 3 is 2.59 bits per heavy atom. The lowest BCUT2D eigenvalue weighted by atomic mass is 10.2. The third-order valence-electron chi connectivity index (χ3n) is 6.10. The van der Waals surface area contributed by atoms with Gasteiger partial charge in [-0.3, -0.25) is 4.79 Å². The number of rotatable bonds is 3. The number of halogens is 2. The number of fused-ring (bicyclic) bond motifs is 2. The van der Waals surface area contributed by atoms with Crippen molar-refractivity contribution in [3.8, 4) is 5.69 Å². The molecule has 1 fully saturated rings. The molecule has 1 aliphatic rings. The Kier molecular flexibility index (Phi) is 5.12. The smallest absolute Gasteiger partial charge is 0.270 e. The predicted molar refractivity (Wildman–Crippen MR) is 133 cm³/mol. The molecule has 0 atom stereocenters. The zero-order valence-corrected chi connectivity index (χ0v) is 19.5. The number of piperazine rings is 1. The van der Waals surface area contributed by atoms with Crippen molar-refractivity contribution in [3.05, 3.63) is 76.8 Å². The van der Waals surface area contributed by atoms with Crippen molar-refractivity contribution >= 4 is 56.9 Å². The summed E-state index contributed by atoms with van der Waals surface area (Å²) in [6.07, 6.45) is 3.32. The molecular weight excluding hydrogens is 473 g/mol. The Hall–Kier alpha value is -3.62. The predicted octanol–water partition coefficient (Wildman–Crippen LogP) is 4.57. The van der Waals surface area contributed by atoms with E-state index in [4.69, 9.17) is 23.2 Å². The normalized spacial score (nSPS) is 14.3. The lowest BCUT2D eigenvalue weighted by molar-refractivity contribution is 0.0741. The molecule has 8 nitrogen and oxygen atoms in total. The number of aromatic amines is 1. The number of amides is 1. The maximum Gasteiger partial charge on any atom is 0.270 e. The minimum absolute atomic E-state index is 0.0338. The Bertz CT molecular complexity index is 1540. The van der Waals surface area contributed by atoms with Crippen molar-refractivity contribution in [1.82, 2.24) is 29.6 Å². The van der Waals surface area contributed by atoms with Crippen molar-refractivity contribution in [2.45, 2.75) is 0 Å². The second-order valence-corrected chi connectivity index (χ2v) is 8.98. The van der Waals surface area contributed by atoms with Crippen LogP contribution >= 0.6 is 23.2 Å². The number of H-pyrrole nitrogens is 1. The molecule has 0 radical (unpaired) electrons. The maximum atomic E-state index is 13.1. The lowest BCUT2D eigenvalue weighted by Gasteiger charge is -2.35. The van der Waals surface area contributed by atoms with Crippen LogP contribution in [-0.4, -0.2) is 61.7 Å². The third-order valence-corrected chi connectivity index (χ3v) is 6.65. The number of carbonyl (C=O) groups excluding carboxylic acids is 1. The van der Waals surface area contributed by atoms with Crippen LogP contribution in [0.5, 0.6) is 0 Å². The van der Waals surface area contributed by atoms with Crippen molar-refractivity contribution in [2.24, 2.45) is 0 Å². The second-order valence-electron chi connectivity index (χ2n) is 8.14. The van der Waals surface area contributed by atoms with Crippen molar-refractivity contribution < 1.29 is 4.79 Å². The highest BCUT2D eigenvalue weighted by Gasteiger charge is 2.26. The van der Waals surface area contributed by atoms with E-state index in [1.807, 2.05) is 53.4 Å². The molecule has 1 N–H and O–H groups in total. The van der Waals surface area contributed by atoms with E-state index in [-0.39, 0.29) is 5.91 Å². The van der Waals surface area contributed by atoms with Gasteiger partial charge in [0.1, 0.15) is 17.8 Å². The fraction of sp³-hybridized carbons (Fsp3) is 0.167. The molecule has 10 heteroatoms. The van der Waals surface area contributed by atoms with Gasteiger partial charge in [0.2, 0.25) is 0 Å². The zero-order chi connectivity index (χ0) is 23.2. The van der Waals surface area contributed by atoms with Gasteiger partial charge in [-0.15, -0.1) is 0 Å². The number of carbonyl (C=O) groups is 1. The molecule has 0 bridgehead atoms. The molecule has 1 aliphatic heterocycles. The average molecular weight is 492 g/mol. The van der Waals surface area contributed by atoms with Crippen molar-refractivity contribution in [1.29, 1.82) is 0 Å². The summed E-state index contributed by atoms with van der Waals surface area (Å²) in [5, 5.41) is 7.54. The first-order valence-corrected chi connectivity index (χ1v) is 11.6. The molecule has 2 aromatic carbocycles. The molecular formula is C24H19Cl2N7O. The van der Waals surface area contributed by atoms with Crippen LogP contribution in [0.25, 0.3) is 27.6 Å². The zero-order valence-electron chi connectivity index (χ0n) is 17.9. The van der Waals surface area contributed by atoms with Gasteiger partial charge >= 0.3 is 0 Å². The highest BCUT2D eigenvalue weighted by molar-refractivity contribution is 6.35. The maximum absolute atomic E-state index is 13.1. The largest absolute Gasteiger partial charge is 0.352 e. The molecule has 0 saturated carbocycles. The van der Waals surface area contributed by atoms with Crippen LogP contribution in [0, 0.1) is 0 Å². The van der Waals surface area contributed by atoms with Crippen LogP contribution in [0.1, 0.15) is 10.5 Å². The van der Waals surface area contributed by atoms with Gasteiger partial charge in [0, 0.05) is 36.6 Å². The SMILES string of the molecule is O=C(c1cc2cccc(Cl)c2[nH]1)N1CCN(c2ncnc3c2cnn3-c2cccc(Cl)c2)CC1. The van der Waals surface area contributed by atoms with E-state index < -0.39 is 0 Å². The first-order valence-electron chi connectivity index (χ1n) is 10.8. The van der Waals surface area contributed by atoms with E-state index in [2.05, 4.69) is 25.0 Å².